The molecule has 0 radical (unpaired) electrons. The third kappa shape index (κ3) is 3.24. The summed E-state index contributed by atoms with van der Waals surface area (Å²) in [6, 6.07) is 7.40. The molecule has 23 heavy (non-hydrogen) atoms. The molecule has 0 aliphatic carbocycles. The molecule has 3 rings (SSSR count). The summed E-state index contributed by atoms with van der Waals surface area (Å²) in [4.78, 5) is 35.2. The Morgan fingerprint density at radius 3 is 2.83 bits per heavy atom. The number of fused-ring (bicyclic) bond motifs is 1. The maximum absolute atomic E-state index is 12.0. The van der Waals surface area contributed by atoms with E-state index in [-0.39, 0.29) is 12.5 Å². The Balaban J connectivity index is 1.63. The summed E-state index contributed by atoms with van der Waals surface area (Å²) in [5, 5.41) is 6.07. The first-order chi connectivity index (χ1) is 11.0. The Bertz CT molecular complexity index is 866. The van der Waals surface area contributed by atoms with Gasteiger partial charge in [-0.3, -0.25) is 18.7 Å². The van der Waals surface area contributed by atoms with E-state index < -0.39 is 11.2 Å². The highest BCUT2D eigenvalue weighted by atomic mass is 16.2. The van der Waals surface area contributed by atoms with Crippen molar-refractivity contribution in [3.05, 3.63) is 68.0 Å². The van der Waals surface area contributed by atoms with Gasteiger partial charge in [0.15, 0.2) is 0 Å². The van der Waals surface area contributed by atoms with Crippen LogP contribution < -0.4 is 21.9 Å². The number of aromatic nitrogens is 2. The Kier molecular flexibility index (Phi) is 4.12. The second-order valence-corrected chi connectivity index (χ2v) is 5.61. The van der Waals surface area contributed by atoms with Crippen molar-refractivity contribution in [3.63, 3.8) is 0 Å². The summed E-state index contributed by atoms with van der Waals surface area (Å²) in [6.45, 7) is 2.04. The van der Waals surface area contributed by atoms with Crippen LogP contribution in [0.1, 0.15) is 16.7 Å². The summed E-state index contributed by atoms with van der Waals surface area (Å²) in [7, 11) is 1.39. The van der Waals surface area contributed by atoms with Gasteiger partial charge in [-0.15, -0.1) is 0 Å². The minimum atomic E-state index is -0.503. The maximum atomic E-state index is 12.0. The fourth-order valence-corrected chi connectivity index (χ4v) is 2.61. The zero-order valence-electron chi connectivity index (χ0n) is 12.8. The van der Waals surface area contributed by atoms with Gasteiger partial charge >= 0.3 is 5.69 Å². The summed E-state index contributed by atoms with van der Waals surface area (Å²) >= 11 is 0. The highest BCUT2D eigenvalue weighted by Gasteiger charge is 2.11. The van der Waals surface area contributed by atoms with Crippen LogP contribution in [0.5, 0.6) is 0 Å². The topological polar surface area (TPSA) is 85.1 Å². The molecule has 7 nitrogen and oxygen atoms in total. The summed E-state index contributed by atoms with van der Waals surface area (Å²) < 4.78 is 2.18. The molecule has 120 valence electrons. The quantitative estimate of drug-likeness (QED) is 0.794. The molecular weight excluding hydrogens is 296 g/mol. The first kappa shape index (κ1) is 15.2. The SMILES string of the molecule is Cn1c(=O)ccn(CC(=O)NCc2ccc3c(c2)CNC3)c1=O. The van der Waals surface area contributed by atoms with Crippen LogP contribution >= 0.6 is 0 Å². The Morgan fingerprint density at radius 1 is 1.22 bits per heavy atom. The number of carbonyl (C=O) groups excluding carboxylic acids is 1. The molecule has 2 heterocycles. The molecule has 1 amide bonds. The van der Waals surface area contributed by atoms with Crippen molar-refractivity contribution in [1.29, 1.82) is 0 Å². The average Bonchev–Trinajstić information content (AvgIpc) is 3.01. The van der Waals surface area contributed by atoms with Crippen molar-refractivity contribution in [2.24, 2.45) is 7.05 Å². The van der Waals surface area contributed by atoms with Crippen LogP contribution in [0.4, 0.5) is 0 Å². The molecule has 0 bridgehead atoms. The van der Waals surface area contributed by atoms with E-state index in [9.17, 15) is 14.4 Å². The summed E-state index contributed by atoms with van der Waals surface area (Å²) in [6.07, 6.45) is 1.34. The minimum Gasteiger partial charge on any atom is -0.350 e. The molecule has 2 aromatic rings. The lowest BCUT2D eigenvalue weighted by Gasteiger charge is -2.09. The molecule has 2 N–H and O–H groups in total. The van der Waals surface area contributed by atoms with Crippen molar-refractivity contribution in [2.75, 3.05) is 0 Å². The predicted octanol–water partition coefficient (Wildman–Crippen LogP) is -0.533. The maximum Gasteiger partial charge on any atom is 0.331 e. The molecule has 1 aromatic carbocycles. The third-order valence-electron chi connectivity index (χ3n) is 3.97. The van der Waals surface area contributed by atoms with Crippen LogP contribution in [-0.2, 0) is 38.0 Å². The van der Waals surface area contributed by atoms with Gasteiger partial charge in [0.1, 0.15) is 6.54 Å². The lowest BCUT2D eigenvalue weighted by Crippen LogP contribution is -2.40. The number of benzene rings is 1. The Labute approximate surface area is 132 Å². The van der Waals surface area contributed by atoms with E-state index in [0.29, 0.717) is 6.54 Å². The van der Waals surface area contributed by atoms with Crippen LogP contribution in [0.2, 0.25) is 0 Å². The Hall–Kier alpha value is -2.67. The molecule has 0 unspecified atom stereocenters. The lowest BCUT2D eigenvalue weighted by atomic mass is 10.1. The first-order valence-electron chi connectivity index (χ1n) is 7.39. The lowest BCUT2D eigenvalue weighted by molar-refractivity contribution is -0.121. The zero-order valence-corrected chi connectivity index (χ0v) is 12.8. The van der Waals surface area contributed by atoms with E-state index in [1.54, 1.807) is 0 Å². The second-order valence-electron chi connectivity index (χ2n) is 5.61. The van der Waals surface area contributed by atoms with Gasteiger partial charge < -0.3 is 10.6 Å². The number of hydrogen-bond donors (Lipinski definition) is 2. The highest BCUT2D eigenvalue weighted by Crippen LogP contribution is 2.16. The van der Waals surface area contributed by atoms with Crippen LogP contribution in [-0.4, -0.2) is 15.0 Å². The number of hydrogen-bond acceptors (Lipinski definition) is 4. The van der Waals surface area contributed by atoms with E-state index in [0.717, 1.165) is 23.2 Å². The van der Waals surface area contributed by atoms with Crippen molar-refractivity contribution in [3.8, 4) is 0 Å². The van der Waals surface area contributed by atoms with Crippen molar-refractivity contribution < 1.29 is 4.79 Å². The van der Waals surface area contributed by atoms with Gasteiger partial charge in [0.2, 0.25) is 5.91 Å². The number of nitrogens with one attached hydrogen (secondary N) is 2. The molecule has 0 spiro atoms. The van der Waals surface area contributed by atoms with E-state index in [1.165, 1.54) is 35.0 Å². The minimum absolute atomic E-state index is 0.112. The number of carbonyl (C=O) groups is 1. The van der Waals surface area contributed by atoms with Gasteiger partial charge in [-0.25, -0.2) is 4.79 Å². The van der Waals surface area contributed by atoms with E-state index in [4.69, 9.17) is 0 Å². The normalized spacial score (nSPS) is 12.9. The number of amides is 1. The molecule has 0 fully saturated rings. The smallest absolute Gasteiger partial charge is 0.331 e. The van der Waals surface area contributed by atoms with Gasteiger partial charge in [-0.2, -0.15) is 0 Å². The molecular formula is C16H18N4O3. The van der Waals surface area contributed by atoms with Crippen molar-refractivity contribution in [2.45, 2.75) is 26.2 Å². The van der Waals surface area contributed by atoms with E-state index in [1.807, 2.05) is 6.07 Å². The summed E-state index contributed by atoms with van der Waals surface area (Å²) in [5.41, 5.74) is 2.67. The zero-order chi connectivity index (χ0) is 16.4. The first-order valence-corrected chi connectivity index (χ1v) is 7.39. The monoisotopic (exact) mass is 314 g/mol. The fourth-order valence-electron chi connectivity index (χ4n) is 2.61. The van der Waals surface area contributed by atoms with Crippen molar-refractivity contribution in [1.82, 2.24) is 19.8 Å². The largest absolute Gasteiger partial charge is 0.350 e. The number of nitrogens with zero attached hydrogens (tertiary/aromatic N) is 2. The predicted molar refractivity (Wildman–Crippen MR) is 84.8 cm³/mol. The third-order valence-corrected chi connectivity index (χ3v) is 3.97. The van der Waals surface area contributed by atoms with Crippen LogP contribution in [0, 0.1) is 0 Å². The van der Waals surface area contributed by atoms with E-state index >= 15 is 0 Å². The van der Waals surface area contributed by atoms with Gasteiger partial charge in [0.05, 0.1) is 0 Å². The molecule has 1 aliphatic heterocycles. The molecule has 1 aromatic heterocycles. The molecule has 0 saturated heterocycles. The second kappa shape index (κ2) is 6.21. The molecule has 1 aliphatic rings. The standard InChI is InChI=1S/C16H18N4O3/c1-19-15(22)4-5-20(16(19)23)10-14(21)18-7-11-2-3-12-8-17-9-13(12)6-11/h2-6,17H,7-10H2,1H3,(H,18,21). The van der Waals surface area contributed by atoms with Gasteiger partial charge in [0, 0.05) is 38.9 Å². The van der Waals surface area contributed by atoms with Crippen molar-refractivity contribution >= 4 is 5.91 Å². The van der Waals surface area contributed by atoms with Gasteiger partial charge in [0.25, 0.3) is 5.56 Å². The van der Waals surface area contributed by atoms with Crippen LogP contribution in [0.25, 0.3) is 0 Å². The number of rotatable bonds is 4. The average molecular weight is 314 g/mol. The summed E-state index contributed by atoms with van der Waals surface area (Å²) in [5.74, 6) is -0.274. The van der Waals surface area contributed by atoms with Crippen LogP contribution in [0.3, 0.4) is 0 Å². The van der Waals surface area contributed by atoms with Gasteiger partial charge in [-0.1, -0.05) is 18.2 Å². The highest BCUT2D eigenvalue weighted by molar-refractivity contribution is 5.75. The van der Waals surface area contributed by atoms with Gasteiger partial charge in [-0.05, 0) is 16.7 Å². The molecule has 0 atom stereocenters. The fraction of sp³-hybridized carbons (Fsp3) is 0.312. The Morgan fingerprint density at radius 2 is 2.00 bits per heavy atom. The van der Waals surface area contributed by atoms with Crippen LogP contribution in [0.15, 0.2) is 40.1 Å². The van der Waals surface area contributed by atoms with E-state index in [2.05, 4.69) is 22.8 Å². The molecule has 7 heteroatoms. The molecule has 0 saturated carbocycles.